The summed E-state index contributed by atoms with van der Waals surface area (Å²) in [5.41, 5.74) is 0.764. The maximum atomic E-state index is 14.1. The highest BCUT2D eigenvalue weighted by molar-refractivity contribution is 6.03. The average molecular weight is 428 g/mol. The highest BCUT2D eigenvalue weighted by Gasteiger charge is 2.32. The summed E-state index contributed by atoms with van der Waals surface area (Å²) >= 11 is 0. The molecule has 10 heteroatoms. The molecule has 2 saturated heterocycles. The van der Waals surface area contributed by atoms with Crippen LogP contribution in [0.4, 0.5) is 20.3 Å². The van der Waals surface area contributed by atoms with Crippen LogP contribution in [0.1, 0.15) is 22.8 Å². The minimum absolute atomic E-state index is 0.126. The van der Waals surface area contributed by atoms with E-state index >= 15 is 0 Å². The first-order chi connectivity index (χ1) is 14.9. The molecular formula is C21H22F2N6O2. The molecule has 0 radical (unpaired) electrons. The van der Waals surface area contributed by atoms with Gasteiger partial charge in [0.15, 0.2) is 17.3 Å². The molecule has 0 unspecified atom stereocenters. The van der Waals surface area contributed by atoms with E-state index in [1.807, 2.05) is 0 Å². The summed E-state index contributed by atoms with van der Waals surface area (Å²) in [5.74, 6) is 0.459. The molecule has 0 bridgehead atoms. The van der Waals surface area contributed by atoms with Gasteiger partial charge >= 0.3 is 0 Å². The molecule has 2 aliphatic heterocycles. The van der Waals surface area contributed by atoms with Crippen LogP contribution in [0.2, 0.25) is 0 Å². The minimum atomic E-state index is -0.695. The van der Waals surface area contributed by atoms with Crippen LogP contribution in [0.3, 0.4) is 0 Å². The van der Waals surface area contributed by atoms with Crippen molar-refractivity contribution in [3.63, 3.8) is 0 Å². The number of nitrogens with one attached hydrogen (secondary N) is 1. The SMILES string of the molecule is Cc1nc2c(F)cc(NC(=O)c3cnc(N4CC(CN5CC[C@@H](F)C5)C4)cn3)cc2o1. The number of fused-ring (bicyclic) bond motifs is 1. The molecule has 1 aromatic carbocycles. The van der Waals surface area contributed by atoms with E-state index in [1.54, 1.807) is 13.1 Å². The molecule has 3 aromatic rings. The van der Waals surface area contributed by atoms with Crippen molar-refractivity contribution in [2.24, 2.45) is 5.92 Å². The van der Waals surface area contributed by atoms with Gasteiger partial charge in [-0.3, -0.25) is 9.69 Å². The molecule has 8 nitrogen and oxygen atoms in total. The first-order valence-electron chi connectivity index (χ1n) is 10.3. The molecule has 4 heterocycles. The van der Waals surface area contributed by atoms with Gasteiger partial charge < -0.3 is 14.6 Å². The lowest BCUT2D eigenvalue weighted by Gasteiger charge is -2.41. The molecule has 1 N–H and O–H groups in total. The molecule has 31 heavy (non-hydrogen) atoms. The number of hydrogen-bond donors (Lipinski definition) is 1. The monoisotopic (exact) mass is 428 g/mol. The Hall–Kier alpha value is -3.14. The lowest BCUT2D eigenvalue weighted by molar-refractivity contribution is 0.102. The number of likely N-dealkylation sites (tertiary alicyclic amines) is 1. The summed E-state index contributed by atoms with van der Waals surface area (Å²) in [4.78, 5) is 29.2. The molecule has 2 aliphatic rings. The van der Waals surface area contributed by atoms with Gasteiger partial charge in [0.2, 0.25) is 0 Å². The van der Waals surface area contributed by atoms with Gasteiger partial charge in [-0.15, -0.1) is 0 Å². The average Bonchev–Trinajstić information content (AvgIpc) is 3.29. The number of amides is 1. The second-order valence-corrected chi connectivity index (χ2v) is 8.17. The van der Waals surface area contributed by atoms with E-state index in [0.29, 0.717) is 30.6 Å². The standard InChI is InChI=1S/C21H22F2N6O2/c1-12-26-20-16(23)4-15(5-18(20)31-12)27-21(30)17-6-25-19(7-24-17)29-9-13(10-29)8-28-3-2-14(22)11-28/h4-7,13-14H,2-3,8-11H2,1H3,(H,27,30)/t14-/m1/s1. The molecule has 0 saturated carbocycles. The maximum Gasteiger partial charge on any atom is 0.275 e. The van der Waals surface area contributed by atoms with Gasteiger partial charge in [0.1, 0.15) is 23.2 Å². The van der Waals surface area contributed by atoms with Crippen LogP contribution in [0, 0.1) is 18.7 Å². The quantitative estimate of drug-likeness (QED) is 0.669. The summed E-state index contributed by atoms with van der Waals surface area (Å²) in [5, 5.41) is 2.61. The van der Waals surface area contributed by atoms with Crippen LogP contribution >= 0.6 is 0 Å². The Kier molecular flexibility index (Phi) is 5.01. The Balaban J connectivity index is 1.18. The second-order valence-electron chi connectivity index (χ2n) is 8.17. The Morgan fingerprint density at radius 1 is 1.26 bits per heavy atom. The molecular weight excluding hydrogens is 406 g/mol. The third kappa shape index (κ3) is 4.07. The topological polar surface area (TPSA) is 87.4 Å². The van der Waals surface area contributed by atoms with E-state index in [4.69, 9.17) is 4.42 Å². The zero-order chi connectivity index (χ0) is 21.5. The molecule has 0 aliphatic carbocycles. The Bertz CT molecular complexity index is 1110. The van der Waals surface area contributed by atoms with Crippen LogP contribution in [-0.4, -0.2) is 64.7 Å². The number of nitrogens with zero attached hydrogens (tertiary/aromatic N) is 5. The van der Waals surface area contributed by atoms with Gasteiger partial charge in [-0.2, -0.15) is 0 Å². The van der Waals surface area contributed by atoms with Crippen molar-refractivity contribution in [2.45, 2.75) is 19.5 Å². The zero-order valence-corrected chi connectivity index (χ0v) is 17.0. The van der Waals surface area contributed by atoms with E-state index in [9.17, 15) is 13.6 Å². The van der Waals surface area contributed by atoms with Crippen LogP contribution in [0.25, 0.3) is 11.1 Å². The zero-order valence-electron chi connectivity index (χ0n) is 17.0. The van der Waals surface area contributed by atoms with Gasteiger partial charge in [-0.1, -0.05) is 0 Å². The number of anilines is 2. The van der Waals surface area contributed by atoms with Crippen LogP contribution in [-0.2, 0) is 0 Å². The van der Waals surface area contributed by atoms with Crippen LogP contribution in [0.5, 0.6) is 0 Å². The molecule has 162 valence electrons. The van der Waals surface area contributed by atoms with Crippen molar-refractivity contribution in [1.29, 1.82) is 0 Å². The molecule has 5 rings (SSSR count). The number of aryl methyl sites for hydroxylation is 1. The second kappa shape index (κ2) is 7.84. The van der Waals surface area contributed by atoms with Gasteiger partial charge in [0.25, 0.3) is 5.91 Å². The number of alkyl halides is 1. The Labute approximate surface area is 177 Å². The Morgan fingerprint density at radius 3 is 2.81 bits per heavy atom. The van der Waals surface area contributed by atoms with E-state index in [2.05, 4.69) is 30.1 Å². The largest absolute Gasteiger partial charge is 0.441 e. The first-order valence-corrected chi connectivity index (χ1v) is 10.3. The normalized spacial score (nSPS) is 19.7. The van der Waals surface area contributed by atoms with Gasteiger partial charge in [0.05, 0.1) is 12.4 Å². The smallest absolute Gasteiger partial charge is 0.275 e. The minimum Gasteiger partial charge on any atom is -0.441 e. The lowest BCUT2D eigenvalue weighted by atomic mass is 10.00. The summed E-state index contributed by atoms with van der Waals surface area (Å²) in [6.45, 7) is 5.56. The van der Waals surface area contributed by atoms with E-state index < -0.39 is 17.9 Å². The lowest BCUT2D eigenvalue weighted by Crippen LogP contribution is -2.51. The third-order valence-corrected chi connectivity index (χ3v) is 5.70. The molecule has 2 fully saturated rings. The first kappa shape index (κ1) is 19.8. The fourth-order valence-electron chi connectivity index (χ4n) is 4.16. The summed E-state index contributed by atoms with van der Waals surface area (Å²) in [6, 6.07) is 2.71. The number of benzene rings is 1. The highest BCUT2D eigenvalue weighted by Crippen LogP contribution is 2.26. The van der Waals surface area contributed by atoms with Crippen molar-refractivity contribution in [3.8, 4) is 0 Å². The summed E-state index contributed by atoms with van der Waals surface area (Å²) in [6.07, 6.45) is 2.89. The fraction of sp³-hybridized carbons (Fsp3) is 0.429. The van der Waals surface area contributed by atoms with E-state index in [0.717, 1.165) is 26.2 Å². The van der Waals surface area contributed by atoms with E-state index in [1.165, 1.54) is 18.3 Å². The summed E-state index contributed by atoms with van der Waals surface area (Å²) < 4.78 is 32.8. The van der Waals surface area contributed by atoms with Crippen LogP contribution in [0.15, 0.2) is 28.9 Å². The van der Waals surface area contributed by atoms with Gasteiger partial charge in [-0.05, 0) is 12.5 Å². The van der Waals surface area contributed by atoms with Gasteiger partial charge in [-0.25, -0.2) is 23.7 Å². The van der Waals surface area contributed by atoms with Crippen molar-refractivity contribution >= 4 is 28.5 Å². The number of aromatic nitrogens is 3. The Morgan fingerprint density at radius 2 is 2.10 bits per heavy atom. The number of carbonyl (C=O) groups excluding carboxylic acids is 1. The fourth-order valence-corrected chi connectivity index (χ4v) is 4.16. The molecule has 0 spiro atoms. The van der Waals surface area contributed by atoms with Crippen molar-refractivity contribution in [3.05, 3.63) is 41.9 Å². The predicted molar refractivity (Wildman–Crippen MR) is 110 cm³/mol. The highest BCUT2D eigenvalue weighted by atomic mass is 19.1. The number of carbonyl (C=O) groups is 1. The molecule has 1 amide bonds. The number of hydrogen-bond acceptors (Lipinski definition) is 7. The number of halogens is 2. The maximum absolute atomic E-state index is 14.1. The van der Waals surface area contributed by atoms with Crippen molar-refractivity contribution in [1.82, 2.24) is 19.9 Å². The molecule has 1 atom stereocenters. The van der Waals surface area contributed by atoms with Crippen LogP contribution < -0.4 is 10.2 Å². The van der Waals surface area contributed by atoms with E-state index in [-0.39, 0.29) is 22.5 Å². The van der Waals surface area contributed by atoms with Gasteiger partial charge in [0, 0.05) is 57.3 Å². The molecule has 2 aromatic heterocycles. The third-order valence-electron chi connectivity index (χ3n) is 5.70. The van der Waals surface area contributed by atoms with Crippen molar-refractivity contribution in [2.75, 3.05) is 42.9 Å². The summed E-state index contributed by atoms with van der Waals surface area (Å²) in [7, 11) is 0. The predicted octanol–water partition coefficient (Wildman–Crippen LogP) is 2.80. The van der Waals surface area contributed by atoms with Crippen molar-refractivity contribution < 1.29 is 18.0 Å². The number of oxazole rings is 1. The number of rotatable bonds is 5.